The van der Waals surface area contributed by atoms with E-state index in [1.165, 1.54) is 18.2 Å². The van der Waals surface area contributed by atoms with E-state index in [-0.39, 0.29) is 114 Å². The summed E-state index contributed by atoms with van der Waals surface area (Å²) in [5, 5.41) is 40.1. The van der Waals surface area contributed by atoms with Crippen molar-refractivity contribution in [2.24, 2.45) is 119 Å². The Balaban J connectivity index is 0.000000175. The van der Waals surface area contributed by atoms with Crippen LogP contribution in [0.4, 0.5) is 0 Å². The zero-order chi connectivity index (χ0) is 80.7. The van der Waals surface area contributed by atoms with Crippen molar-refractivity contribution >= 4 is 32.0 Å². The molecule has 8 N–H and O–H groups in total. The summed E-state index contributed by atoms with van der Waals surface area (Å²) in [4.78, 5) is 62.8. The number of carboxylic acid groups (broad SMARTS) is 2. The van der Waals surface area contributed by atoms with Gasteiger partial charge in [0.1, 0.15) is 12.7 Å². The van der Waals surface area contributed by atoms with E-state index in [0.29, 0.717) is 94.0 Å². The van der Waals surface area contributed by atoms with E-state index < -0.39 is 37.4 Å². The minimum Gasteiger partial charge on any atom is -0.481 e. The number of nitrogens with one attached hydrogen (secondary N) is 4. The number of likely N-dealkylation sites (N-methyl/N-ethyl adjacent to an activating group) is 2. The number of aliphatic carboxylic acids is 2. The number of nitrogens with two attached hydrogens (primary N) is 1. The van der Waals surface area contributed by atoms with Crippen LogP contribution in [0.15, 0.2) is 36.0 Å². The Kier molecular flexibility index (Phi) is 24.6. The predicted molar refractivity (Wildman–Crippen MR) is 430 cm³/mol. The second kappa shape index (κ2) is 31.7. The van der Waals surface area contributed by atoms with Crippen molar-refractivity contribution in [3.05, 3.63) is 47.6 Å². The summed E-state index contributed by atoms with van der Waals surface area (Å²) in [6, 6.07) is 2.88. The first kappa shape index (κ1) is 85.9. The van der Waals surface area contributed by atoms with Gasteiger partial charge in [0.25, 0.3) is 11.8 Å². The molecule has 22 atom stereocenters. The Hall–Kier alpha value is -4.50. The van der Waals surface area contributed by atoms with Crippen molar-refractivity contribution in [1.82, 2.24) is 45.6 Å². The van der Waals surface area contributed by atoms with Crippen molar-refractivity contribution in [3.63, 3.8) is 0 Å². The minimum atomic E-state index is -1.62. The number of amides is 2. The number of carbonyl (C=O) groups is 4. The fourth-order valence-electron chi connectivity index (χ4n) is 27.5. The van der Waals surface area contributed by atoms with Crippen LogP contribution >= 0.6 is 0 Å². The SMILES string of the molecule is CC[Si](CC)(CC)NC(=O)c1ncn[nH]1.CNC1(CO[C@H]2[C@H](OC)C[C@@]34COC[C@]2(C)[C@@H]3CC[C@H]2C4=CC[C@@]3(C)[C@H](C(=O)O)[C@@](C)([C@H](C)C(C)C)CC[C@]23C)CCOCC1.CNC1(CO[C@H]2[C@H](n3ncnc3C(N)=O)C[C@@]34COC[C@]2(C)[C@@H]3CC[C@H]2C4=CC[C@@]3(C)[C@H](C(=O)O)[C@@](C)([C@H](C)C(C)C)CC[C@]23C)CCOCC1. The van der Waals surface area contributed by atoms with Gasteiger partial charge in [-0.1, -0.05) is 141 Å². The van der Waals surface area contributed by atoms with Crippen LogP contribution in [0.1, 0.15) is 248 Å². The van der Waals surface area contributed by atoms with Gasteiger partial charge in [-0.15, -0.1) is 0 Å². The van der Waals surface area contributed by atoms with Crippen molar-refractivity contribution < 1.29 is 62.5 Å². The number of primary amides is 1. The van der Waals surface area contributed by atoms with Gasteiger partial charge in [-0.3, -0.25) is 24.3 Å². The normalized spacial score (nSPS) is 41.1. The molecule has 111 heavy (non-hydrogen) atoms. The van der Waals surface area contributed by atoms with Crippen LogP contribution in [-0.4, -0.2) is 189 Å². The highest BCUT2D eigenvalue weighted by molar-refractivity contribution is 6.79. The number of allylic oxidation sites excluding steroid dienone is 2. The number of carboxylic acids is 2. The summed E-state index contributed by atoms with van der Waals surface area (Å²) in [7, 11) is 4.30. The number of hydrogen-bond donors (Lipinski definition) is 7. The Bertz CT molecular complexity index is 3700. The number of fused-ring (bicyclic) bond motifs is 6. The van der Waals surface area contributed by atoms with Crippen molar-refractivity contribution in [2.45, 2.75) is 274 Å². The van der Waals surface area contributed by atoms with Crippen LogP contribution in [0, 0.1) is 113 Å². The van der Waals surface area contributed by atoms with Crippen molar-refractivity contribution in [2.75, 3.05) is 87.3 Å². The first-order chi connectivity index (χ1) is 52.4. The molecule has 23 nitrogen and oxygen atoms in total. The maximum Gasteiger partial charge on any atom is 0.307 e. The third-order valence-corrected chi connectivity index (χ3v) is 40.5. The highest BCUT2D eigenvalue weighted by Gasteiger charge is 2.75. The second-order valence-electron chi connectivity index (χ2n) is 40.2. The molecule has 6 heterocycles. The van der Waals surface area contributed by atoms with Gasteiger partial charge >= 0.3 is 11.9 Å². The molecule has 4 saturated heterocycles. The van der Waals surface area contributed by atoms with Gasteiger partial charge in [0, 0.05) is 66.3 Å². The third-order valence-electron chi connectivity index (χ3n) is 35.6. The monoisotopic (exact) mass is 1570 g/mol. The van der Waals surface area contributed by atoms with E-state index in [0.717, 1.165) is 134 Å². The first-order valence-corrected chi connectivity index (χ1v) is 45.7. The molecule has 2 aromatic heterocycles. The Morgan fingerprint density at radius 3 is 1.46 bits per heavy atom. The Morgan fingerprint density at radius 1 is 0.604 bits per heavy atom. The zero-order valence-corrected chi connectivity index (χ0v) is 72.6. The molecule has 624 valence electrons. The molecule has 10 fully saturated rings. The number of hydrogen-bond acceptors (Lipinski definition) is 17. The molecule has 4 aliphatic heterocycles. The Labute approximate surface area is 664 Å². The topological polar surface area (TPSA) is 308 Å². The van der Waals surface area contributed by atoms with E-state index in [4.69, 9.17) is 38.9 Å². The molecule has 14 rings (SSSR count). The highest BCUT2D eigenvalue weighted by Crippen LogP contribution is 2.78. The van der Waals surface area contributed by atoms with E-state index in [2.05, 4.69) is 178 Å². The minimum absolute atomic E-state index is 0.0158. The molecule has 0 spiro atoms. The summed E-state index contributed by atoms with van der Waals surface area (Å²) in [6.45, 7) is 45.4. The smallest absolute Gasteiger partial charge is 0.307 e. The molecule has 8 aliphatic carbocycles. The van der Waals surface area contributed by atoms with E-state index in [9.17, 15) is 29.4 Å². The molecular formula is C87H144N10O13Si. The lowest BCUT2D eigenvalue weighted by atomic mass is 9.34. The van der Waals surface area contributed by atoms with Crippen LogP contribution in [0.3, 0.4) is 0 Å². The van der Waals surface area contributed by atoms with Gasteiger partial charge in [0.15, 0.2) is 8.24 Å². The Morgan fingerprint density at radius 2 is 1.05 bits per heavy atom. The molecule has 2 aromatic rings. The number of aromatic amines is 1. The van der Waals surface area contributed by atoms with Gasteiger partial charge in [0.2, 0.25) is 11.6 Å². The average molecular weight is 1570 g/mol. The first-order valence-electron chi connectivity index (χ1n) is 43.1. The maximum absolute atomic E-state index is 13.5. The van der Waals surface area contributed by atoms with Gasteiger partial charge in [-0.2, -0.15) is 10.2 Å². The number of rotatable bonds is 22. The number of nitrogens with zero attached hydrogens (tertiary/aromatic N) is 5. The van der Waals surface area contributed by atoms with E-state index >= 15 is 0 Å². The van der Waals surface area contributed by atoms with Crippen LogP contribution in [-0.2, 0) is 42.7 Å². The van der Waals surface area contributed by atoms with Crippen LogP contribution in [0.25, 0.3) is 0 Å². The standard InChI is InChI=1S/C40H63N5O6.C38H63NO6.C9H18N4OSi/c1-24(2)25(3)35(4)13-14-37(6)26-9-10-29-36(5)20-50-22-40(29,27(26)11-12-38(37,7)30(35)34(47)48)19-28(45-33(32(41)46)43-23-44-45)31(36)51-21-39(42-8)15-17-49-18-16-39;1-24(2)25(3)33(4)14-15-35(6)26-10-11-29-34(5)21-44-23-38(29,27(26)12-13-36(35,7)30(33)32(40)41)20-28(42-9)31(34)45-22-37(39-8)16-18-43-19-17-37;1-4-15(5-2,6-3)13-9(14)8-10-7-11-12-8/h11,23-26,28-31,42H,9-10,12-22H2,1-8H3,(H2,41,46)(H,47,48);12,24-26,28-31,39H,10-11,13-23H2,1-9H3,(H,40,41);7H,4-6H2,1-3H3,(H,13,14)(H,10,11,12)/t25-,26+,28-,29+,30-,31+,35-,36-,37-,38+,40+;25-,26+,28-,29+,30-,31+,33-,34-,35-,36+,38+;/m11./s1. The number of aromatic nitrogens is 6. The lowest BCUT2D eigenvalue weighted by Crippen LogP contribution is -2.70. The molecule has 12 aliphatic rings. The van der Waals surface area contributed by atoms with Gasteiger partial charge in [-0.25, -0.2) is 14.6 Å². The molecule has 0 radical (unpaired) electrons. The third kappa shape index (κ3) is 13.8. The number of H-pyrrole nitrogens is 1. The van der Waals surface area contributed by atoms with E-state index in [1.807, 2.05) is 14.2 Å². The van der Waals surface area contributed by atoms with Crippen molar-refractivity contribution in [3.8, 4) is 0 Å². The quantitative estimate of drug-likeness (QED) is 0.0425. The number of carbonyl (C=O) groups excluding carboxylic acids is 2. The summed E-state index contributed by atoms with van der Waals surface area (Å²) in [6.07, 6.45) is 22.4. The molecule has 24 heteroatoms. The number of ether oxygens (including phenoxy) is 7. The summed E-state index contributed by atoms with van der Waals surface area (Å²) < 4.78 is 47.1. The maximum atomic E-state index is 13.5. The summed E-state index contributed by atoms with van der Waals surface area (Å²) in [5.41, 5.74) is 6.20. The lowest BCUT2D eigenvalue weighted by Gasteiger charge is -2.71. The van der Waals surface area contributed by atoms with Gasteiger partial charge in [0.05, 0.1) is 75.8 Å². The zero-order valence-electron chi connectivity index (χ0n) is 71.6. The van der Waals surface area contributed by atoms with E-state index in [1.54, 1.807) is 10.3 Å². The molecule has 6 saturated carbocycles. The van der Waals surface area contributed by atoms with Crippen LogP contribution in [0.5, 0.6) is 0 Å². The molecule has 4 bridgehead atoms. The van der Waals surface area contributed by atoms with Crippen molar-refractivity contribution in [1.29, 1.82) is 0 Å². The van der Waals surface area contributed by atoms with Gasteiger partial charge in [-0.05, 0) is 215 Å². The van der Waals surface area contributed by atoms with Crippen LogP contribution in [0.2, 0.25) is 18.1 Å². The second-order valence-corrected chi connectivity index (χ2v) is 45.1. The van der Waals surface area contributed by atoms with Crippen LogP contribution < -0.4 is 21.3 Å². The fourth-order valence-corrected chi connectivity index (χ4v) is 30.1. The lowest BCUT2D eigenvalue weighted by molar-refractivity contribution is -0.270. The summed E-state index contributed by atoms with van der Waals surface area (Å²) >= 11 is 0. The number of methoxy groups -OCH3 is 1. The fraction of sp³-hybridized carbons (Fsp3) is 0.862. The molecule has 0 unspecified atom stereocenters. The van der Waals surface area contributed by atoms with Gasteiger partial charge < -0.3 is 64.7 Å². The molecule has 2 amide bonds. The highest BCUT2D eigenvalue weighted by atomic mass is 28.3. The predicted octanol–water partition coefficient (Wildman–Crippen LogP) is 13.9. The largest absolute Gasteiger partial charge is 0.481 e. The molecule has 0 aromatic carbocycles. The molecular weight excluding hydrogens is 1420 g/mol. The average Bonchev–Trinajstić information content (AvgIpc) is 0.695. The summed E-state index contributed by atoms with van der Waals surface area (Å²) in [5.74, 6) is 0.489.